The van der Waals surface area contributed by atoms with E-state index in [1.165, 1.54) is 12.1 Å². The fourth-order valence-electron chi connectivity index (χ4n) is 1.33. The minimum absolute atomic E-state index is 0.0143. The zero-order valence-corrected chi connectivity index (χ0v) is 11.8. The van der Waals surface area contributed by atoms with E-state index in [4.69, 9.17) is 4.74 Å². The summed E-state index contributed by atoms with van der Waals surface area (Å²) in [4.78, 5) is 14.7. The molecule has 6 heteroatoms. The van der Waals surface area contributed by atoms with Crippen molar-refractivity contribution in [2.45, 2.75) is 40.2 Å². The molecular formula is C13H21N3O3. The highest BCUT2D eigenvalue weighted by Crippen LogP contribution is 2.23. The third-order valence-corrected chi connectivity index (χ3v) is 2.80. The molecule has 0 aliphatic heterocycles. The number of ether oxygens (including phenoxy) is 1. The van der Waals surface area contributed by atoms with Crippen LogP contribution in [0.15, 0.2) is 12.1 Å². The largest absolute Gasteiger partial charge is 0.474 e. The van der Waals surface area contributed by atoms with Gasteiger partial charge < -0.3 is 10.1 Å². The molecule has 106 valence electrons. The van der Waals surface area contributed by atoms with E-state index < -0.39 is 4.92 Å². The summed E-state index contributed by atoms with van der Waals surface area (Å²) in [6, 6.07) is 2.78. The van der Waals surface area contributed by atoms with E-state index in [-0.39, 0.29) is 17.7 Å². The molecule has 1 N–H and O–H groups in total. The predicted molar refractivity (Wildman–Crippen MR) is 74.6 cm³/mol. The van der Waals surface area contributed by atoms with Crippen LogP contribution in [0.1, 0.15) is 34.1 Å². The fourth-order valence-corrected chi connectivity index (χ4v) is 1.33. The number of hydrogen-bond acceptors (Lipinski definition) is 5. The van der Waals surface area contributed by atoms with Crippen molar-refractivity contribution >= 4 is 11.5 Å². The maximum atomic E-state index is 10.9. The Morgan fingerprint density at radius 3 is 2.63 bits per heavy atom. The molecule has 0 aliphatic carbocycles. The molecule has 0 radical (unpaired) electrons. The van der Waals surface area contributed by atoms with Crippen LogP contribution in [0, 0.1) is 16.0 Å². The van der Waals surface area contributed by atoms with Crippen LogP contribution >= 0.6 is 0 Å². The predicted octanol–water partition coefficient (Wildman–Crippen LogP) is 3.24. The Morgan fingerprint density at radius 2 is 2.11 bits per heavy atom. The summed E-state index contributed by atoms with van der Waals surface area (Å²) in [6.45, 7) is 8.71. The van der Waals surface area contributed by atoms with Gasteiger partial charge in [0.25, 0.3) is 5.69 Å². The van der Waals surface area contributed by atoms with Crippen molar-refractivity contribution in [1.82, 2.24) is 4.98 Å². The van der Waals surface area contributed by atoms with E-state index in [9.17, 15) is 10.1 Å². The molecule has 19 heavy (non-hydrogen) atoms. The van der Waals surface area contributed by atoms with Crippen molar-refractivity contribution in [3.8, 4) is 5.88 Å². The van der Waals surface area contributed by atoms with Gasteiger partial charge in [0, 0.05) is 6.54 Å². The highest BCUT2D eigenvalue weighted by Gasteiger charge is 2.15. The summed E-state index contributed by atoms with van der Waals surface area (Å²) in [5.74, 6) is 1.07. The number of nitrogens with zero attached hydrogens (tertiary/aromatic N) is 2. The molecule has 0 amide bonds. The van der Waals surface area contributed by atoms with Crippen LogP contribution in [0.4, 0.5) is 11.5 Å². The topological polar surface area (TPSA) is 77.3 Å². The van der Waals surface area contributed by atoms with Gasteiger partial charge in [0.15, 0.2) is 0 Å². The molecule has 0 aromatic carbocycles. The van der Waals surface area contributed by atoms with Crippen molar-refractivity contribution in [3.05, 3.63) is 22.2 Å². The van der Waals surface area contributed by atoms with E-state index in [0.29, 0.717) is 18.3 Å². The van der Waals surface area contributed by atoms with Crippen molar-refractivity contribution in [2.24, 2.45) is 5.92 Å². The number of nitro groups is 1. The van der Waals surface area contributed by atoms with Crippen LogP contribution in [-0.4, -0.2) is 22.6 Å². The van der Waals surface area contributed by atoms with Crippen molar-refractivity contribution in [1.29, 1.82) is 0 Å². The summed E-state index contributed by atoms with van der Waals surface area (Å²) >= 11 is 0. The molecule has 0 saturated heterocycles. The first-order chi connectivity index (χ1) is 8.93. The molecule has 1 aromatic heterocycles. The van der Waals surface area contributed by atoms with Gasteiger partial charge >= 0.3 is 0 Å². The van der Waals surface area contributed by atoms with E-state index in [0.717, 1.165) is 6.42 Å². The summed E-state index contributed by atoms with van der Waals surface area (Å²) < 4.78 is 5.63. The normalized spacial score (nSPS) is 12.3. The highest BCUT2D eigenvalue weighted by atomic mass is 16.6. The second-order valence-electron chi connectivity index (χ2n) is 4.80. The summed E-state index contributed by atoms with van der Waals surface area (Å²) in [6.07, 6.45) is 0.872. The molecular weight excluding hydrogens is 246 g/mol. The number of pyridine rings is 1. The van der Waals surface area contributed by atoms with Crippen LogP contribution in [0.2, 0.25) is 0 Å². The quantitative estimate of drug-likeness (QED) is 0.606. The number of aromatic nitrogens is 1. The minimum atomic E-state index is -0.439. The van der Waals surface area contributed by atoms with E-state index in [2.05, 4.69) is 10.3 Å². The van der Waals surface area contributed by atoms with Gasteiger partial charge in [0.2, 0.25) is 5.88 Å². The van der Waals surface area contributed by atoms with E-state index in [1.54, 1.807) is 0 Å². The molecule has 0 bridgehead atoms. The van der Waals surface area contributed by atoms with Gasteiger partial charge in [-0.15, -0.1) is 0 Å². The average molecular weight is 267 g/mol. The van der Waals surface area contributed by atoms with Crippen molar-refractivity contribution < 1.29 is 9.66 Å². The van der Waals surface area contributed by atoms with Crippen LogP contribution < -0.4 is 10.1 Å². The molecule has 0 aliphatic rings. The maximum Gasteiger partial charge on any atom is 0.278 e. The molecule has 0 spiro atoms. The SMILES string of the molecule is CCCNc1cc([N+](=O)[O-])cc(OC(C)C(C)C)n1. The van der Waals surface area contributed by atoms with E-state index in [1.807, 2.05) is 27.7 Å². The molecule has 0 fully saturated rings. The summed E-state index contributed by atoms with van der Waals surface area (Å²) in [7, 11) is 0. The second kappa shape index (κ2) is 6.92. The fraction of sp³-hybridized carbons (Fsp3) is 0.615. The molecule has 0 saturated carbocycles. The van der Waals surface area contributed by atoms with Gasteiger partial charge in [-0.2, -0.15) is 4.98 Å². The van der Waals surface area contributed by atoms with E-state index >= 15 is 0 Å². The lowest BCUT2D eigenvalue weighted by molar-refractivity contribution is -0.384. The monoisotopic (exact) mass is 267 g/mol. The number of nitrogens with one attached hydrogen (secondary N) is 1. The van der Waals surface area contributed by atoms with Gasteiger partial charge in [-0.25, -0.2) is 0 Å². The summed E-state index contributed by atoms with van der Waals surface area (Å²) in [5, 5.41) is 13.9. The van der Waals surface area contributed by atoms with Crippen molar-refractivity contribution in [2.75, 3.05) is 11.9 Å². The first-order valence-corrected chi connectivity index (χ1v) is 6.51. The van der Waals surface area contributed by atoms with Gasteiger partial charge in [0.1, 0.15) is 5.82 Å². The number of hydrogen-bond donors (Lipinski definition) is 1. The highest BCUT2D eigenvalue weighted by molar-refractivity contribution is 5.48. The zero-order chi connectivity index (χ0) is 14.4. The molecule has 1 heterocycles. The molecule has 1 atom stereocenters. The Bertz CT molecular complexity index is 435. The first kappa shape index (κ1) is 15.2. The third-order valence-electron chi connectivity index (χ3n) is 2.80. The Kier molecular flexibility index (Phi) is 5.54. The van der Waals surface area contributed by atoms with Crippen LogP contribution in [0.3, 0.4) is 0 Å². The molecule has 1 aromatic rings. The van der Waals surface area contributed by atoms with Crippen LogP contribution in [-0.2, 0) is 0 Å². The van der Waals surface area contributed by atoms with Gasteiger partial charge in [0.05, 0.1) is 23.2 Å². The average Bonchev–Trinajstić information content (AvgIpc) is 2.35. The van der Waals surface area contributed by atoms with Gasteiger partial charge in [-0.05, 0) is 19.3 Å². The molecule has 1 unspecified atom stereocenters. The minimum Gasteiger partial charge on any atom is -0.474 e. The Balaban J connectivity index is 2.95. The lowest BCUT2D eigenvalue weighted by Crippen LogP contribution is -2.19. The summed E-state index contributed by atoms with van der Waals surface area (Å²) in [5.41, 5.74) is -0.0143. The number of anilines is 1. The third kappa shape index (κ3) is 4.73. The Labute approximate surface area is 113 Å². The standard InChI is InChI=1S/C13H21N3O3/c1-5-6-14-12-7-11(16(17)18)8-13(15-12)19-10(4)9(2)3/h7-10H,5-6H2,1-4H3,(H,14,15). The lowest BCUT2D eigenvalue weighted by atomic mass is 10.1. The Morgan fingerprint density at radius 1 is 1.42 bits per heavy atom. The zero-order valence-electron chi connectivity index (χ0n) is 11.8. The molecule has 6 nitrogen and oxygen atoms in total. The van der Waals surface area contributed by atoms with Crippen LogP contribution in [0.25, 0.3) is 0 Å². The maximum absolute atomic E-state index is 10.9. The first-order valence-electron chi connectivity index (χ1n) is 6.51. The lowest BCUT2D eigenvalue weighted by Gasteiger charge is -2.17. The second-order valence-corrected chi connectivity index (χ2v) is 4.80. The van der Waals surface area contributed by atoms with Gasteiger partial charge in [-0.1, -0.05) is 20.8 Å². The smallest absolute Gasteiger partial charge is 0.278 e. The molecule has 1 rings (SSSR count). The number of rotatable bonds is 7. The van der Waals surface area contributed by atoms with Gasteiger partial charge in [-0.3, -0.25) is 10.1 Å². The van der Waals surface area contributed by atoms with Crippen LogP contribution in [0.5, 0.6) is 5.88 Å². The Hall–Kier alpha value is -1.85. The van der Waals surface area contributed by atoms with Crippen molar-refractivity contribution in [3.63, 3.8) is 0 Å².